The van der Waals surface area contributed by atoms with E-state index in [1.54, 1.807) is 7.11 Å². The highest BCUT2D eigenvalue weighted by molar-refractivity contribution is 6.32. The zero-order chi connectivity index (χ0) is 19.4. The van der Waals surface area contributed by atoms with Crippen molar-refractivity contribution >= 4 is 17.6 Å². The van der Waals surface area contributed by atoms with Gasteiger partial charge in [-0.3, -0.25) is 9.69 Å². The van der Waals surface area contributed by atoms with E-state index in [9.17, 15) is 15.0 Å². The van der Waals surface area contributed by atoms with Crippen molar-refractivity contribution in [1.82, 2.24) is 4.90 Å². The molecule has 2 N–H and O–H groups in total. The number of hydrogen-bond acceptors (Lipinski definition) is 4. The lowest BCUT2D eigenvalue weighted by Gasteiger charge is -2.43. The predicted octanol–water partition coefficient (Wildman–Crippen LogP) is 3.23. The molecule has 0 aromatic heterocycles. The van der Waals surface area contributed by atoms with Gasteiger partial charge in [-0.05, 0) is 36.1 Å². The molecule has 144 valence electrons. The van der Waals surface area contributed by atoms with Gasteiger partial charge in [0, 0.05) is 19.6 Å². The third-order valence-corrected chi connectivity index (χ3v) is 5.57. The molecule has 2 aromatic carbocycles. The fourth-order valence-electron chi connectivity index (χ4n) is 3.79. The van der Waals surface area contributed by atoms with Crippen molar-refractivity contribution in [2.75, 3.05) is 20.2 Å². The second-order valence-corrected chi connectivity index (χ2v) is 7.51. The first-order chi connectivity index (χ1) is 12.9. The maximum absolute atomic E-state index is 12.2. The average Bonchev–Trinajstić information content (AvgIpc) is 2.65. The van der Waals surface area contributed by atoms with Gasteiger partial charge in [0.1, 0.15) is 11.2 Å². The van der Waals surface area contributed by atoms with Crippen molar-refractivity contribution in [2.24, 2.45) is 5.41 Å². The monoisotopic (exact) mass is 389 g/mol. The first kappa shape index (κ1) is 19.7. The summed E-state index contributed by atoms with van der Waals surface area (Å²) in [5.41, 5.74) is 0.667. The minimum Gasteiger partial charge on any atom is -0.495 e. The quantitative estimate of drug-likeness (QED) is 0.793. The van der Waals surface area contributed by atoms with Crippen LogP contribution >= 0.6 is 11.6 Å². The number of methoxy groups -OCH3 is 1. The summed E-state index contributed by atoms with van der Waals surface area (Å²) in [6.45, 7) is 1.48. The second-order valence-electron chi connectivity index (χ2n) is 7.11. The molecule has 0 bridgehead atoms. The maximum atomic E-state index is 12.2. The molecular weight excluding hydrogens is 366 g/mol. The molecule has 3 rings (SSSR count). The van der Waals surface area contributed by atoms with Gasteiger partial charge in [0.05, 0.1) is 18.2 Å². The minimum atomic E-state index is -1.23. The van der Waals surface area contributed by atoms with Crippen molar-refractivity contribution in [2.45, 2.75) is 25.5 Å². The van der Waals surface area contributed by atoms with Crippen LogP contribution in [0.25, 0.3) is 0 Å². The van der Waals surface area contributed by atoms with Gasteiger partial charge in [0.25, 0.3) is 0 Å². The molecule has 0 unspecified atom stereocenters. The van der Waals surface area contributed by atoms with Crippen molar-refractivity contribution in [3.8, 4) is 5.75 Å². The number of nitrogens with zero attached hydrogens (tertiary/aromatic N) is 1. The smallest absolute Gasteiger partial charge is 0.313 e. The number of carboxylic acid groups (broad SMARTS) is 1. The number of benzene rings is 2. The molecule has 0 amide bonds. The van der Waals surface area contributed by atoms with Gasteiger partial charge >= 0.3 is 5.97 Å². The number of hydrogen-bond donors (Lipinski definition) is 2. The fraction of sp³-hybridized carbons (Fsp3) is 0.381. The van der Waals surface area contributed by atoms with E-state index in [-0.39, 0.29) is 6.54 Å². The molecule has 1 fully saturated rings. The van der Waals surface area contributed by atoms with Gasteiger partial charge in [-0.25, -0.2) is 0 Å². The van der Waals surface area contributed by atoms with Gasteiger partial charge in [-0.2, -0.15) is 0 Å². The summed E-state index contributed by atoms with van der Waals surface area (Å²) in [6, 6.07) is 15.0. The number of rotatable bonds is 6. The number of likely N-dealkylation sites (tertiary alicyclic amines) is 1. The molecule has 27 heavy (non-hydrogen) atoms. The van der Waals surface area contributed by atoms with E-state index in [1.807, 2.05) is 48.5 Å². The number of aliphatic hydroxyl groups excluding tert-OH is 1. The van der Waals surface area contributed by atoms with Crippen LogP contribution in [0.4, 0.5) is 0 Å². The molecule has 1 saturated heterocycles. The second kappa shape index (κ2) is 8.30. The highest BCUT2D eigenvalue weighted by Crippen LogP contribution is 2.36. The van der Waals surface area contributed by atoms with Crippen LogP contribution in [0.1, 0.15) is 17.5 Å². The lowest BCUT2D eigenvalue weighted by atomic mass is 9.72. The van der Waals surface area contributed by atoms with E-state index < -0.39 is 17.5 Å². The van der Waals surface area contributed by atoms with Crippen molar-refractivity contribution in [3.63, 3.8) is 0 Å². The molecule has 2 aromatic rings. The van der Waals surface area contributed by atoms with Crippen LogP contribution in [0, 0.1) is 5.41 Å². The van der Waals surface area contributed by atoms with Crippen LogP contribution < -0.4 is 4.74 Å². The Hall–Kier alpha value is -2.08. The molecule has 1 aliphatic heterocycles. The molecule has 0 radical (unpaired) electrons. The Balaban J connectivity index is 1.81. The summed E-state index contributed by atoms with van der Waals surface area (Å²) < 4.78 is 5.18. The zero-order valence-corrected chi connectivity index (χ0v) is 16.0. The number of piperidine rings is 1. The average molecular weight is 390 g/mol. The van der Waals surface area contributed by atoms with Gasteiger partial charge in [-0.1, -0.05) is 48.0 Å². The number of aliphatic carboxylic acids is 1. The highest BCUT2D eigenvalue weighted by atomic mass is 35.5. The lowest BCUT2D eigenvalue weighted by Crippen LogP contribution is -2.56. The van der Waals surface area contributed by atoms with E-state index >= 15 is 0 Å². The third kappa shape index (κ3) is 4.26. The van der Waals surface area contributed by atoms with Crippen LogP contribution in [0.2, 0.25) is 5.02 Å². The van der Waals surface area contributed by atoms with Gasteiger partial charge in [0.2, 0.25) is 0 Å². The topological polar surface area (TPSA) is 70.0 Å². The molecule has 0 saturated carbocycles. The number of carboxylic acids is 1. The molecule has 0 spiro atoms. The number of ether oxygens (including phenoxy) is 1. The summed E-state index contributed by atoms with van der Waals surface area (Å²) >= 11 is 6.21. The predicted molar refractivity (Wildman–Crippen MR) is 104 cm³/mol. The maximum Gasteiger partial charge on any atom is 0.313 e. The molecule has 5 nitrogen and oxygen atoms in total. The fourth-order valence-corrected chi connectivity index (χ4v) is 4.07. The molecular formula is C21H24ClNO4. The summed E-state index contributed by atoms with van der Waals surface area (Å²) in [5, 5.41) is 21.1. The summed E-state index contributed by atoms with van der Waals surface area (Å²) in [6.07, 6.45) is -0.168. The Bertz CT molecular complexity index is 798. The number of halogens is 1. The molecule has 6 heteroatoms. The van der Waals surface area contributed by atoms with E-state index in [2.05, 4.69) is 4.90 Å². The Kier molecular flexibility index (Phi) is 6.05. The first-order valence-electron chi connectivity index (χ1n) is 8.95. The standard InChI is InChI=1S/C21H24ClNO4/c1-27-18-8-7-16(11-17(18)22)13-23-10-9-19(24)21(14-23,20(25)26)12-15-5-3-2-4-6-15/h2-8,11,19,24H,9-10,12-14H2,1H3,(H,25,26)/t19-,21-/m0/s1. The van der Waals surface area contributed by atoms with E-state index in [1.165, 1.54) is 0 Å². The summed E-state index contributed by atoms with van der Waals surface area (Å²) in [7, 11) is 1.57. The largest absolute Gasteiger partial charge is 0.495 e. The van der Waals surface area contributed by atoms with E-state index in [0.717, 1.165) is 11.1 Å². The Labute approximate surface area is 164 Å². The van der Waals surface area contributed by atoms with Crippen molar-refractivity contribution in [3.05, 3.63) is 64.7 Å². The van der Waals surface area contributed by atoms with Crippen LogP contribution in [0.15, 0.2) is 48.5 Å². The van der Waals surface area contributed by atoms with Crippen LogP contribution in [0.5, 0.6) is 5.75 Å². The van der Waals surface area contributed by atoms with E-state index in [4.69, 9.17) is 16.3 Å². The number of aliphatic hydroxyl groups is 1. The van der Waals surface area contributed by atoms with Crippen LogP contribution in [-0.4, -0.2) is 47.4 Å². The van der Waals surface area contributed by atoms with Gasteiger partial charge in [0.15, 0.2) is 0 Å². The molecule has 2 atom stereocenters. The Morgan fingerprint density at radius 1 is 1.26 bits per heavy atom. The highest BCUT2D eigenvalue weighted by Gasteiger charge is 2.49. The SMILES string of the molecule is COc1ccc(CN2CC[C@H](O)[C@@](Cc3ccccc3)(C(=O)O)C2)cc1Cl. The summed E-state index contributed by atoms with van der Waals surface area (Å²) in [5.74, 6) is -0.352. The summed E-state index contributed by atoms with van der Waals surface area (Å²) in [4.78, 5) is 14.3. The van der Waals surface area contributed by atoms with Gasteiger partial charge < -0.3 is 14.9 Å². The first-order valence-corrected chi connectivity index (χ1v) is 9.32. The Morgan fingerprint density at radius 3 is 2.63 bits per heavy atom. The van der Waals surface area contributed by atoms with Crippen molar-refractivity contribution < 1.29 is 19.7 Å². The lowest BCUT2D eigenvalue weighted by molar-refractivity contribution is -0.163. The molecule has 0 aliphatic carbocycles. The van der Waals surface area contributed by atoms with Crippen LogP contribution in [0.3, 0.4) is 0 Å². The van der Waals surface area contributed by atoms with Crippen LogP contribution in [-0.2, 0) is 17.8 Å². The van der Waals surface area contributed by atoms with Gasteiger partial charge in [-0.15, -0.1) is 0 Å². The molecule has 1 aliphatic rings. The normalized spacial score (nSPS) is 23.1. The van der Waals surface area contributed by atoms with Crippen molar-refractivity contribution in [1.29, 1.82) is 0 Å². The minimum absolute atomic E-state index is 0.280. The van der Waals surface area contributed by atoms with E-state index in [0.29, 0.717) is 36.7 Å². The number of carbonyl (C=O) groups is 1. The zero-order valence-electron chi connectivity index (χ0n) is 15.3. The molecule has 1 heterocycles. The Morgan fingerprint density at radius 2 is 2.00 bits per heavy atom. The third-order valence-electron chi connectivity index (χ3n) is 5.27.